The van der Waals surface area contributed by atoms with Crippen molar-refractivity contribution in [3.05, 3.63) is 35.4 Å². The lowest BCUT2D eigenvalue weighted by Crippen LogP contribution is -2.29. The van der Waals surface area contributed by atoms with Crippen molar-refractivity contribution < 1.29 is 4.79 Å². The van der Waals surface area contributed by atoms with Crippen LogP contribution in [-0.4, -0.2) is 18.3 Å². The third kappa shape index (κ3) is 3.56. The van der Waals surface area contributed by atoms with Crippen molar-refractivity contribution in [2.24, 2.45) is 5.92 Å². The van der Waals surface area contributed by atoms with Crippen LogP contribution in [0.5, 0.6) is 0 Å². The van der Waals surface area contributed by atoms with Crippen LogP contribution in [0.15, 0.2) is 24.3 Å². The zero-order chi connectivity index (χ0) is 11.3. The Labute approximate surface area is 95.6 Å². The predicted octanol–water partition coefficient (Wildman–Crippen LogP) is 2.60. The third-order valence-corrected chi connectivity index (χ3v) is 2.79. The Morgan fingerprint density at radius 2 is 2.13 bits per heavy atom. The second-order valence-electron chi connectivity index (χ2n) is 3.78. The zero-order valence-corrected chi connectivity index (χ0v) is 9.84. The van der Waals surface area contributed by atoms with Gasteiger partial charge in [0.1, 0.15) is 0 Å². The lowest BCUT2D eigenvalue weighted by Gasteiger charge is -2.10. The number of hydrogen-bond acceptors (Lipinski definition) is 1. The van der Waals surface area contributed by atoms with Crippen LogP contribution in [0, 0.1) is 12.8 Å². The van der Waals surface area contributed by atoms with Crippen LogP contribution >= 0.6 is 11.6 Å². The van der Waals surface area contributed by atoms with Gasteiger partial charge in [-0.2, -0.15) is 0 Å². The first-order chi connectivity index (χ1) is 7.15. The summed E-state index contributed by atoms with van der Waals surface area (Å²) in [6.07, 6.45) is 0. The summed E-state index contributed by atoms with van der Waals surface area (Å²) in [4.78, 5) is 11.7. The Balaban J connectivity index is 2.58. The molecule has 15 heavy (non-hydrogen) atoms. The summed E-state index contributed by atoms with van der Waals surface area (Å²) in [5.74, 6) is 0.846. The molecule has 1 aromatic carbocycles. The van der Waals surface area contributed by atoms with Crippen molar-refractivity contribution in [1.29, 1.82) is 0 Å². The fraction of sp³-hybridized carbons (Fsp3) is 0.417. The van der Waals surface area contributed by atoms with Gasteiger partial charge in [0.25, 0.3) is 5.91 Å². The minimum absolute atomic E-state index is 0.0231. The predicted molar refractivity (Wildman–Crippen MR) is 63.4 cm³/mol. The molecule has 0 aromatic heterocycles. The molecule has 1 aromatic rings. The molecule has 0 aliphatic carbocycles. The Hall–Kier alpha value is -1.02. The highest BCUT2D eigenvalue weighted by Crippen LogP contribution is 2.06. The van der Waals surface area contributed by atoms with Crippen LogP contribution in [-0.2, 0) is 0 Å². The Morgan fingerprint density at radius 1 is 1.47 bits per heavy atom. The second-order valence-corrected chi connectivity index (χ2v) is 4.09. The number of aryl methyl sites for hydroxylation is 1. The van der Waals surface area contributed by atoms with Crippen LogP contribution in [0.3, 0.4) is 0 Å². The summed E-state index contributed by atoms with van der Waals surface area (Å²) in [6.45, 7) is 4.56. The van der Waals surface area contributed by atoms with Crippen molar-refractivity contribution in [1.82, 2.24) is 5.32 Å². The van der Waals surface area contributed by atoms with E-state index < -0.39 is 0 Å². The minimum Gasteiger partial charge on any atom is -0.352 e. The lowest BCUT2D eigenvalue weighted by molar-refractivity contribution is 0.0948. The molecular weight excluding hydrogens is 210 g/mol. The smallest absolute Gasteiger partial charge is 0.251 e. The average Bonchev–Trinajstić information content (AvgIpc) is 2.26. The van der Waals surface area contributed by atoms with Gasteiger partial charge in [-0.3, -0.25) is 4.79 Å². The summed E-state index contributed by atoms with van der Waals surface area (Å²) >= 11 is 5.66. The van der Waals surface area contributed by atoms with E-state index in [0.29, 0.717) is 18.3 Å². The van der Waals surface area contributed by atoms with Crippen molar-refractivity contribution in [2.45, 2.75) is 13.8 Å². The molecule has 0 aliphatic heterocycles. The highest BCUT2D eigenvalue weighted by Gasteiger charge is 2.08. The van der Waals surface area contributed by atoms with Crippen LogP contribution in [0.2, 0.25) is 0 Å². The van der Waals surface area contributed by atoms with E-state index >= 15 is 0 Å². The van der Waals surface area contributed by atoms with Gasteiger partial charge in [0.2, 0.25) is 0 Å². The van der Waals surface area contributed by atoms with Gasteiger partial charge in [0.15, 0.2) is 0 Å². The van der Waals surface area contributed by atoms with Crippen LogP contribution in [0.4, 0.5) is 0 Å². The number of hydrogen-bond donors (Lipinski definition) is 1. The zero-order valence-electron chi connectivity index (χ0n) is 9.09. The molecule has 1 unspecified atom stereocenters. The van der Waals surface area contributed by atoms with Gasteiger partial charge in [-0.25, -0.2) is 0 Å². The van der Waals surface area contributed by atoms with Crippen LogP contribution < -0.4 is 5.32 Å². The summed E-state index contributed by atoms with van der Waals surface area (Å²) in [6, 6.07) is 7.55. The molecule has 0 heterocycles. The molecule has 3 heteroatoms. The Bertz CT molecular complexity index is 338. The van der Waals surface area contributed by atoms with Gasteiger partial charge in [-0.1, -0.05) is 25.1 Å². The normalized spacial score (nSPS) is 12.2. The maximum Gasteiger partial charge on any atom is 0.251 e. The number of amides is 1. The molecule has 82 valence electrons. The van der Waals surface area contributed by atoms with E-state index in [-0.39, 0.29) is 5.91 Å². The van der Waals surface area contributed by atoms with Crippen molar-refractivity contribution in [3.8, 4) is 0 Å². The molecule has 1 rings (SSSR count). The van der Waals surface area contributed by atoms with Gasteiger partial charge in [-0.05, 0) is 24.5 Å². The largest absolute Gasteiger partial charge is 0.352 e. The molecule has 1 atom stereocenters. The van der Waals surface area contributed by atoms with E-state index in [4.69, 9.17) is 11.6 Å². The van der Waals surface area contributed by atoms with E-state index in [1.54, 1.807) is 0 Å². The minimum atomic E-state index is -0.0231. The number of benzene rings is 1. The number of carbonyl (C=O) groups is 1. The van der Waals surface area contributed by atoms with Crippen LogP contribution in [0.1, 0.15) is 22.8 Å². The molecule has 0 fully saturated rings. The van der Waals surface area contributed by atoms with Crippen molar-refractivity contribution >= 4 is 17.5 Å². The van der Waals surface area contributed by atoms with Crippen molar-refractivity contribution in [3.63, 3.8) is 0 Å². The van der Waals surface area contributed by atoms with E-state index in [1.165, 1.54) is 0 Å². The molecular formula is C12H16ClNO. The highest BCUT2D eigenvalue weighted by molar-refractivity contribution is 6.18. The summed E-state index contributed by atoms with van der Waals surface area (Å²) < 4.78 is 0. The van der Waals surface area contributed by atoms with Crippen LogP contribution in [0.25, 0.3) is 0 Å². The molecule has 0 radical (unpaired) electrons. The maximum absolute atomic E-state index is 11.7. The Morgan fingerprint density at radius 3 is 2.73 bits per heavy atom. The van der Waals surface area contributed by atoms with Gasteiger partial charge in [-0.15, -0.1) is 11.6 Å². The fourth-order valence-corrected chi connectivity index (χ4v) is 1.35. The second kappa shape index (κ2) is 5.76. The number of rotatable bonds is 4. The van der Waals surface area contributed by atoms with E-state index in [1.807, 2.05) is 38.1 Å². The number of alkyl halides is 1. The molecule has 2 nitrogen and oxygen atoms in total. The number of nitrogens with one attached hydrogen (secondary N) is 1. The van der Waals surface area contributed by atoms with Gasteiger partial charge >= 0.3 is 0 Å². The fourth-order valence-electron chi connectivity index (χ4n) is 1.24. The lowest BCUT2D eigenvalue weighted by atomic mass is 10.1. The molecule has 0 bridgehead atoms. The van der Waals surface area contributed by atoms with Gasteiger partial charge in [0, 0.05) is 18.0 Å². The first-order valence-electron chi connectivity index (χ1n) is 5.05. The van der Waals surface area contributed by atoms with E-state index in [2.05, 4.69) is 5.32 Å². The standard InChI is InChI=1S/C12H16ClNO/c1-9(7-13)8-14-12(15)11-6-4-3-5-10(11)2/h3-6,9H,7-8H2,1-2H3,(H,14,15). The van der Waals surface area contributed by atoms with Gasteiger partial charge in [0.05, 0.1) is 0 Å². The monoisotopic (exact) mass is 225 g/mol. The first-order valence-corrected chi connectivity index (χ1v) is 5.58. The average molecular weight is 226 g/mol. The molecule has 0 saturated carbocycles. The molecule has 0 saturated heterocycles. The molecule has 1 amide bonds. The van der Waals surface area contributed by atoms with Gasteiger partial charge < -0.3 is 5.32 Å². The summed E-state index contributed by atoms with van der Waals surface area (Å²) in [5, 5.41) is 2.87. The highest BCUT2D eigenvalue weighted by atomic mass is 35.5. The quantitative estimate of drug-likeness (QED) is 0.785. The third-order valence-electron chi connectivity index (χ3n) is 2.26. The topological polar surface area (TPSA) is 29.1 Å². The maximum atomic E-state index is 11.7. The van der Waals surface area contributed by atoms with E-state index in [9.17, 15) is 4.79 Å². The number of carbonyl (C=O) groups excluding carboxylic acids is 1. The molecule has 1 N–H and O–H groups in total. The van der Waals surface area contributed by atoms with Crippen molar-refractivity contribution in [2.75, 3.05) is 12.4 Å². The summed E-state index contributed by atoms with van der Waals surface area (Å²) in [7, 11) is 0. The Kier molecular flexibility index (Phi) is 4.63. The molecule has 0 spiro atoms. The van der Waals surface area contributed by atoms with E-state index in [0.717, 1.165) is 11.1 Å². The molecule has 0 aliphatic rings. The summed E-state index contributed by atoms with van der Waals surface area (Å²) in [5.41, 5.74) is 1.73. The first kappa shape index (κ1) is 12.1. The number of halogens is 1. The SMILES string of the molecule is Cc1ccccc1C(=O)NCC(C)CCl.